The number of benzene rings is 1. The lowest BCUT2D eigenvalue weighted by Gasteiger charge is -2.12. The van der Waals surface area contributed by atoms with Crippen molar-refractivity contribution in [3.05, 3.63) is 35.9 Å². The minimum Gasteiger partial charge on any atom is -0.387 e. The molecule has 0 aromatic heterocycles. The smallest absolute Gasteiger partial charge is 0.230 e. The molecule has 18 heavy (non-hydrogen) atoms. The van der Waals surface area contributed by atoms with Crippen LogP contribution in [0.2, 0.25) is 0 Å². The van der Waals surface area contributed by atoms with E-state index >= 15 is 0 Å². The second-order valence-corrected chi connectivity index (χ2v) is 5.24. The van der Waals surface area contributed by atoms with Gasteiger partial charge in [-0.05, 0) is 17.7 Å². The van der Waals surface area contributed by atoms with Gasteiger partial charge in [-0.15, -0.1) is 0 Å². The SMILES string of the molecule is CCCCSCC(=O)NCC(O)c1ccccc1. The number of rotatable bonds is 8. The summed E-state index contributed by atoms with van der Waals surface area (Å²) in [5.74, 6) is 1.48. The van der Waals surface area contributed by atoms with Crippen molar-refractivity contribution < 1.29 is 9.90 Å². The number of thioether (sulfide) groups is 1. The van der Waals surface area contributed by atoms with E-state index in [1.54, 1.807) is 11.8 Å². The fraction of sp³-hybridized carbons (Fsp3) is 0.500. The van der Waals surface area contributed by atoms with Crippen LogP contribution in [0.3, 0.4) is 0 Å². The highest BCUT2D eigenvalue weighted by molar-refractivity contribution is 7.99. The molecule has 0 saturated heterocycles. The van der Waals surface area contributed by atoms with Crippen LogP contribution in [0.25, 0.3) is 0 Å². The van der Waals surface area contributed by atoms with E-state index in [0.29, 0.717) is 5.75 Å². The van der Waals surface area contributed by atoms with Gasteiger partial charge in [0.15, 0.2) is 0 Å². The molecule has 1 aromatic carbocycles. The largest absolute Gasteiger partial charge is 0.387 e. The van der Waals surface area contributed by atoms with Gasteiger partial charge in [-0.3, -0.25) is 4.79 Å². The van der Waals surface area contributed by atoms with Gasteiger partial charge in [0, 0.05) is 6.54 Å². The number of amides is 1. The van der Waals surface area contributed by atoms with Crippen LogP contribution in [0, 0.1) is 0 Å². The van der Waals surface area contributed by atoms with Gasteiger partial charge in [0.1, 0.15) is 0 Å². The summed E-state index contributed by atoms with van der Waals surface area (Å²) >= 11 is 1.64. The molecule has 1 atom stereocenters. The summed E-state index contributed by atoms with van der Waals surface area (Å²) in [6.45, 7) is 2.41. The lowest BCUT2D eigenvalue weighted by Crippen LogP contribution is -2.29. The minimum atomic E-state index is -0.629. The van der Waals surface area contributed by atoms with E-state index in [9.17, 15) is 9.90 Å². The van der Waals surface area contributed by atoms with Crippen LogP contribution in [0.5, 0.6) is 0 Å². The summed E-state index contributed by atoms with van der Waals surface area (Å²) in [7, 11) is 0. The van der Waals surface area contributed by atoms with E-state index < -0.39 is 6.10 Å². The molecule has 0 aliphatic heterocycles. The van der Waals surface area contributed by atoms with Crippen LogP contribution in [0.15, 0.2) is 30.3 Å². The van der Waals surface area contributed by atoms with Crippen molar-refractivity contribution in [2.45, 2.75) is 25.9 Å². The molecule has 0 aliphatic rings. The zero-order valence-corrected chi connectivity index (χ0v) is 11.6. The molecule has 0 spiro atoms. The number of carbonyl (C=O) groups is 1. The number of hydrogen-bond acceptors (Lipinski definition) is 3. The molecule has 1 aromatic rings. The van der Waals surface area contributed by atoms with Crippen LogP contribution in [-0.4, -0.2) is 29.1 Å². The van der Waals surface area contributed by atoms with Crippen molar-refractivity contribution in [3.63, 3.8) is 0 Å². The highest BCUT2D eigenvalue weighted by atomic mass is 32.2. The second-order valence-electron chi connectivity index (χ2n) is 4.14. The fourth-order valence-corrected chi connectivity index (χ4v) is 2.39. The average molecular weight is 267 g/mol. The Morgan fingerprint density at radius 1 is 1.39 bits per heavy atom. The van der Waals surface area contributed by atoms with Gasteiger partial charge < -0.3 is 10.4 Å². The molecular weight excluding hydrogens is 246 g/mol. The second kappa shape index (κ2) is 9.00. The number of unbranched alkanes of at least 4 members (excludes halogenated alkanes) is 1. The zero-order valence-electron chi connectivity index (χ0n) is 10.8. The zero-order chi connectivity index (χ0) is 13.2. The summed E-state index contributed by atoms with van der Waals surface area (Å²) in [5.41, 5.74) is 0.830. The van der Waals surface area contributed by atoms with Crippen LogP contribution in [0.1, 0.15) is 31.4 Å². The standard InChI is InChI=1S/C14H21NO2S/c1-2-3-9-18-11-14(17)15-10-13(16)12-7-5-4-6-8-12/h4-8,13,16H,2-3,9-11H2,1H3,(H,15,17). The first-order valence-corrected chi connectivity index (χ1v) is 7.47. The predicted octanol–water partition coefficient (Wildman–Crippen LogP) is 2.37. The first kappa shape index (κ1) is 15.1. The van der Waals surface area contributed by atoms with E-state index in [-0.39, 0.29) is 12.5 Å². The maximum atomic E-state index is 11.5. The Balaban J connectivity index is 2.18. The highest BCUT2D eigenvalue weighted by Gasteiger charge is 2.08. The van der Waals surface area contributed by atoms with E-state index in [1.807, 2.05) is 30.3 Å². The molecule has 0 heterocycles. The van der Waals surface area contributed by atoms with Crippen LogP contribution < -0.4 is 5.32 Å². The van der Waals surface area contributed by atoms with Crippen molar-refractivity contribution >= 4 is 17.7 Å². The van der Waals surface area contributed by atoms with Crippen molar-refractivity contribution in [2.24, 2.45) is 0 Å². The molecule has 1 amide bonds. The van der Waals surface area contributed by atoms with Crippen molar-refractivity contribution in [1.29, 1.82) is 0 Å². The Bertz CT molecular complexity index is 343. The summed E-state index contributed by atoms with van der Waals surface area (Å²) < 4.78 is 0. The third-order valence-electron chi connectivity index (χ3n) is 2.55. The number of aliphatic hydroxyl groups excluding tert-OH is 1. The molecule has 0 fully saturated rings. The third-order valence-corrected chi connectivity index (χ3v) is 3.60. The molecule has 1 unspecified atom stereocenters. The van der Waals surface area contributed by atoms with Gasteiger partial charge in [-0.1, -0.05) is 43.7 Å². The van der Waals surface area contributed by atoms with Gasteiger partial charge >= 0.3 is 0 Å². The van der Waals surface area contributed by atoms with Gasteiger partial charge in [-0.25, -0.2) is 0 Å². The number of carbonyl (C=O) groups excluding carboxylic acids is 1. The predicted molar refractivity (Wildman–Crippen MR) is 76.6 cm³/mol. The molecule has 0 bridgehead atoms. The molecule has 3 nitrogen and oxygen atoms in total. The molecule has 4 heteroatoms. The van der Waals surface area contributed by atoms with E-state index in [2.05, 4.69) is 12.2 Å². The Labute approximate surface area is 113 Å². The van der Waals surface area contributed by atoms with Crippen LogP contribution >= 0.6 is 11.8 Å². The molecule has 0 saturated carbocycles. The van der Waals surface area contributed by atoms with Gasteiger partial charge in [0.2, 0.25) is 5.91 Å². The lowest BCUT2D eigenvalue weighted by molar-refractivity contribution is -0.119. The Morgan fingerprint density at radius 3 is 2.78 bits per heavy atom. The number of hydrogen-bond donors (Lipinski definition) is 2. The maximum Gasteiger partial charge on any atom is 0.230 e. The monoisotopic (exact) mass is 267 g/mol. The molecule has 100 valence electrons. The molecule has 0 aliphatic carbocycles. The maximum absolute atomic E-state index is 11.5. The summed E-state index contributed by atoms with van der Waals surface area (Å²) in [4.78, 5) is 11.5. The Kier molecular flexibility index (Phi) is 7.53. The minimum absolute atomic E-state index is 0.00826. The van der Waals surface area contributed by atoms with Crippen molar-refractivity contribution in [2.75, 3.05) is 18.1 Å². The number of nitrogens with one attached hydrogen (secondary N) is 1. The van der Waals surface area contributed by atoms with Crippen molar-refractivity contribution in [1.82, 2.24) is 5.32 Å². The molecule has 0 radical (unpaired) electrons. The van der Waals surface area contributed by atoms with E-state index in [0.717, 1.165) is 24.2 Å². The quantitative estimate of drug-likeness (QED) is 0.711. The third kappa shape index (κ3) is 6.07. The number of aliphatic hydroxyl groups is 1. The summed E-state index contributed by atoms with van der Waals surface area (Å²) in [6, 6.07) is 9.36. The first-order valence-electron chi connectivity index (χ1n) is 6.31. The topological polar surface area (TPSA) is 49.3 Å². The van der Waals surface area contributed by atoms with Gasteiger partial charge in [0.25, 0.3) is 0 Å². The molecule has 2 N–H and O–H groups in total. The van der Waals surface area contributed by atoms with Crippen LogP contribution in [0.4, 0.5) is 0 Å². The van der Waals surface area contributed by atoms with E-state index in [1.165, 1.54) is 0 Å². The van der Waals surface area contributed by atoms with Gasteiger partial charge in [-0.2, -0.15) is 11.8 Å². The lowest BCUT2D eigenvalue weighted by atomic mass is 10.1. The first-order chi connectivity index (χ1) is 8.74. The Hall–Kier alpha value is -1.00. The summed E-state index contributed by atoms with van der Waals surface area (Å²) in [5, 5.41) is 12.6. The fourth-order valence-electron chi connectivity index (χ4n) is 1.47. The summed E-state index contributed by atoms with van der Waals surface area (Å²) in [6.07, 6.45) is 1.67. The Morgan fingerprint density at radius 2 is 2.11 bits per heavy atom. The van der Waals surface area contributed by atoms with E-state index in [4.69, 9.17) is 0 Å². The van der Waals surface area contributed by atoms with Crippen molar-refractivity contribution in [3.8, 4) is 0 Å². The molecule has 1 rings (SSSR count). The highest BCUT2D eigenvalue weighted by Crippen LogP contribution is 2.10. The van der Waals surface area contributed by atoms with Gasteiger partial charge in [0.05, 0.1) is 11.9 Å². The molecular formula is C14H21NO2S. The average Bonchev–Trinajstić information content (AvgIpc) is 2.42. The normalized spacial score (nSPS) is 12.1. The van der Waals surface area contributed by atoms with Crippen LogP contribution in [-0.2, 0) is 4.79 Å².